The Morgan fingerprint density at radius 3 is 2.70 bits per heavy atom. The zero-order valence-corrected chi connectivity index (χ0v) is 14.4. The molecule has 1 amide bonds. The molecule has 1 aromatic heterocycles. The van der Waals surface area contributed by atoms with Crippen molar-refractivity contribution in [3.05, 3.63) is 18.0 Å². The highest BCUT2D eigenvalue weighted by atomic mass is 16.5. The first-order valence-electron chi connectivity index (χ1n) is 8.53. The molecule has 0 radical (unpaired) electrons. The number of amides is 1. The quantitative estimate of drug-likeness (QED) is 0.858. The molecule has 6 heteroatoms. The van der Waals surface area contributed by atoms with Gasteiger partial charge in [-0.2, -0.15) is 5.10 Å². The highest BCUT2D eigenvalue weighted by molar-refractivity contribution is 5.93. The standard InChI is InChI=1S/C17H28N4O2/c1-13-8-15(13)18-11-17(12-23-3)4-6-21(7-5-17)16(22)14-9-19-20(2)10-14/h9-10,13,15,18H,4-8,11-12H2,1-3H3/t13-,15-/m1/s1. The van der Waals surface area contributed by atoms with Crippen molar-refractivity contribution in [1.82, 2.24) is 20.0 Å². The van der Waals surface area contributed by atoms with Gasteiger partial charge in [0.2, 0.25) is 0 Å². The molecule has 0 bridgehead atoms. The molecule has 1 aliphatic carbocycles. The van der Waals surface area contributed by atoms with E-state index in [9.17, 15) is 4.79 Å². The molecule has 1 aromatic rings. The second-order valence-corrected chi connectivity index (χ2v) is 7.33. The molecule has 1 saturated heterocycles. The van der Waals surface area contributed by atoms with Crippen LogP contribution in [0.5, 0.6) is 0 Å². The number of piperidine rings is 1. The van der Waals surface area contributed by atoms with E-state index in [0.29, 0.717) is 11.6 Å². The Morgan fingerprint density at radius 1 is 1.48 bits per heavy atom. The van der Waals surface area contributed by atoms with Crippen LogP contribution in [-0.4, -0.2) is 60.0 Å². The third-order valence-corrected chi connectivity index (χ3v) is 5.36. The summed E-state index contributed by atoms with van der Waals surface area (Å²) >= 11 is 0. The lowest BCUT2D eigenvalue weighted by atomic mass is 9.78. The Bertz CT molecular complexity index is 549. The van der Waals surface area contributed by atoms with Crippen molar-refractivity contribution >= 4 is 5.91 Å². The van der Waals surface area contributed by atoms with Gasteiger partial charge in [0, 0.05) is 51.4 Å². The summed E-state index contributed by atoms with van der Waals surface area (Å²) in [5.74, 6) is 0.898. The van der Waals surface area contributed by atoms with E-state index in [1.165, 1.54) is 6.42 Å². The van der Waals surface area contributed by atoms with Gasteiger partial charge >= 0.3 is 0 Å². The lowest BCUT2D eigenvalue weighted by Crippen LogP contribution is -2.49. The second-order valence-electron chi connectivity index (χ2n) is 7.33. The number of carbonyl (C=O) groups excluding carboxylic acids is 1. The molecule has 128 valence electrons. The first kappa shape index (κ1) is 16.5. The van der Waals surface area contributed by atoms with Gasteiger partial charge < -0.3 is 15.0 Å². The maximum Gasteiger partial charge on any atom is 0.257 e. The van der Waals surface area contributed by atoms with Crippen LogP contribution in [0.4, 0.5) is 0 Å². The minimum Gasteiger partial charge on any atom is -0.384 e. The van der Waals surface area contributed by atoms with Crippen molar-refractivity contribution in [3.63, 3.8) is 0 Å². The van der Waals surface area contributed by atoms with Gasteiger partial charge in [-0.25, -0.2) is 0 Å². The van der Waals surface area contributed by atoms with Gasteiger partial charge in [0.25, 0.3) is 5.91 Å². The van der Waals surface area contributed by atoms with E-state index in [-0.39, 0.29) is 11.3 Å². The summed E-state index contributed by atoms with van der Waals surface area (Å²) in [5.41, 5.74) is 0.833. The first-order chi connectivity index (χ1) is 11.0. The van der Waals surface area contributed by atoms with Crippen LogP contribution in [0.25, 0.3) is 0 Å². The smallest absolute Gasteiger partial charge is 0.257 e. The molecule has 2 fully saturated rings. The maximum atomic E-state index is 12.5. The van der Waals surface area contributed by atoms with Gasteiger partial charge in [-0.05, 0) is 25.2 Å². The number of rotatable bonds is 6. The predicted molar refractivity (Wildman–Crippen MR) is 88.2 cm³/mol. The number of ether oxygens (including phenoxy) is 1. The molecule has 2 aliphatic rings. The summed E-state index contributed by atoms with van der Waals surface area (Å²) in [7, 11) is 3.61. The van der Waals surface area contributed by atoms with Crippen molar-refractivity contribution in [1.29, 1.82) is 0 Å². The zero-order chi connectivity index (χ0) is 16.4. The molecule has 23 heavy (non-hydrogen) atoms. The van der Waals surface area contributed by atoms with Crippen molar-refractivity contribution in [2.75, 3.05) is 33.4 Å². The summed E-state index contributed by atoms with van der Waals surface area (Å²) in [5, 5.41) is 7.78. The molecule has 1 saturated carbocycles. The van der Waals surface area contributed by atoms with Crippen molar-refractivity contribution < 1.29 is 9.53 Å². The number of nitrogens with one attached hydrogen (secondary N) is 1. The number of hydrogen-bond acceptors (Lipinski definition) is 4. The number of carbonyl (C=O) groups is 1. The van der Waals surface area contributed by atoms with Gasteiger partial charge in [-0.3, -0.25) is 9.48 Å². The molecule has 0 spiro atoms. The van der Waals surface area contributed by atoms with Crippen LogP contribution in [0, 0.1) is 11.3 Å². The largest absolute Gasteiger partial charge is 0.384 e. The third-order valence-electron chi connectivity index (χ3n) is 5.36. The van der Waals surface area contributed by atoms with Crippen LogP contribution in [0.15, 0.2) is 12.4 Å². The maximum absolute atomic E-state index is 12.5. The normalized spacial score (nSPS) is 26.3. The third kappa shape index (κ3) is 3.75. The van der Waals surface area contributed by atoms with Crippen LogP contribution in [-0.2, 0) is 11.8 Å². The topological polar surface area (TPSA) is 59.4 Å². The van der Waals surface area contributed by atoms with Gasteiger partial charge in [-0.1, -0.05) is 6.92 Å². The van der Waals surface area contributed by atoms with Gasteiger partial charge in [0.1, 0.15) is 0 Å². The van der Waals surface area contributed by atoms with Crippen LogP contribution in [0.3, 0.4) is 0 Å². The molecule has 0 aromatic carbocycles. The highest BCUT2D eigenvalue weighted by Crippen LogP contribution is 2.35. The molecule has 0 unspecified atom stereocenters. The summed E-state index contributed by atoms with van der Waals surface area (Å²) < 4.78 is 7.16. The summed E-state index contributed by atoms with van der Waals surface area (Å²) in [6.45, 7) is 5.62. The van der Waals surface area contributed by atoms with Crippen LogP contribution < -0.4 is 5.32 Å². The predicted octanol–water partition coefficient (Wildman–Crippen LogP) is 1.29. The second kappa shape index (κ2) is 6.61. The van der Waals surface area contributed by atoms with Crippen LogP contribution >= 0.6 is 0 Å². The Kier molecular flexibility index (Phi) is 4.73. The molecule has 1 N–H and O–H groups in total. The average Bonchev–Trinajstić information content (AvgIpc) is 3.08. The summed E-state index contributed by atoms with van der Waals surface area (Å²) in [6, 6.07) is 0.679. The lowest BCUT2D eigenvalue weighted by Gasteiger charge is -2.41. The van der Waals surface area contributed by atoms with E-state index in [1.54, 1.807) is 24.2 Å². The first-order valence-corrected chi connectivity index (χ1v) is 8.53. The Labute approximate surface area is 138 Å². The number of methoxy groups -OCH3 is 1. The minimum absolute atomic E-state index is 0.0906. The molecular weight excluding hydrogens is 292 g/mol. The monoisotopic (exact) mass is 320 g/mol. The number of nitrogens with zero attached hydrogens (tertiary/aromatic N) is 3. The number of hydrogen-bond donors (Lipinski definition) is 1. The van der Waals surface area contributed by atoms with E-state index in [4.69, 9.17) is 4.74 Å². The van der Waals surface area contributed by atoms with Crippen molar-refractivity contribution in [2.45, 2.75) is 32.2 Å². The minimum atomic E-state index is 0.0906. The number of aryl methyl sites for hydroxylation is 1. The fourth-order valence-corrected chi connectivity index (χ4v) is 3.53. The van der Waals surface area contributed by atoms with Crippen molar-refractivity contribution in [2.24, 2.45) is 18.4 Å². The number of aromatic nitrogens is 2. The summed E-state index contributed by atoms with van der Waals surface area (Å²) in [6.07, 6.45) is 6.70. The van der Waals surface area contributed by atoms with E-state index < -0.39 is 0 Å². The van der Waals surface area contributed by atoms with Gasteiger partial charge in [0.05, 0.1) is 18.4 Å². The molecule has 3 rings (SSSR count). The van der Waals surface area contributed by atoms with Gasteiger partial charge in [0.15, 0.2) is 0 Å². The Balaban J connectivity index is 1.56. The van der Waals surface area contributed by atoms with E-state index in [0.717, 1.165) is 45.0 Å². The molecular formula is C17H28N4O2. The zero-order valence-electron chi connectivity index (χ0n) is 14.4. The number of likely N-dealkylation sites (tertiary alicyclic amines) is 1. The van der Waals surface area contributed by atoms with E-state index >= 15 is 0 Å². The van der Waals surface area contributed by atoms with Crippen LogP contribution in [0.1, 0.15) is 36.5 Å². The molecule has 2 atom stereocenters. The SMILES string of the molecule is COCC1(CN[C@@H]2C[C@H]2C)CCN(C(=O)c2cnn(C)c2)CC1. The van der Waals surface area contributed by atoms with E-state index in [2.05, 4.69) is 17.3 Å². The molecule has 1 aliphatic heterocycles. The fourth-order valence-electron chi connectivity index (χ4n) is 3.53. The summed E-state index contributed by atoms with van der Waals surface area (Å²) in [4.78, 5) is 14.5. The Hall–Kier alpha value is -1.40. The molecule has 2 heterocycles. The Morgan fingerprint density at radius 2 is 2.17 bits per heavy atom. The lowest BCUT2D eigenvalue weighted by molar-refractivity contribution is 0.0201. The average molecular weight is 320 g/mol. The molecule has 6 nitrogen and oxygen atoms in total. The highest BCUT2D eigenvalue weighted by Gasteiger charge is 2.39. The van der Waals surface area contributed by atoms with E-state index in [1.807, 2.05) is 11.9 Å². The fraction of sp³-hybridized carbons (Fsp3) is 0.765. The van der Waals surface area contributed by atoms with Gasteiger partial charge in [-0.15, -0.1) is 0 Å². The van der Waals surface area contributed by atoms with Crippen LogP contribution in [0.2, 0.25) is 0 Å². The van der Waals surface area contributed by atoms with Crippen molar-refractivity contribution in [3.8, 4) is 0 Å².